The van der Waals surface area contributed by atoms with Crippen molar-refractivity contribution in [3.63, 3.8) is 0 Å². The van der Waals surface area contributed by atoms with Gasteiger partial charge in [-0.25, -0.2) is 9.59 Å². The number of methoxy groups -OCH3 is 1. The SMILES string of the molecule is C=C(OC)C(=O)OC(=O)COCC. The lowest BCUT2D eigenvalue weighted by molar-refractivity contribution is -0.162. The van der Waals surface area contributed by atoms with Crippen molar-refractivity contribution in [1.82, 2.24) is 0 Å². The van der Waals surface area contributed by atoms with E-state index in [0.717, 1.165) is 0 Å². The van der Waals surface area contributed by atoms with Crippen molar-refractivity contribution in [2.24, 2.45) is 0 Å². The number of esters is 2. The van der Waals surface area contributed by atoms with Gasteiger partial charge >= 0.3 is 11.9 Å². The Morgan fingerprint density at radius 2 is 2.00 bits per heavy atom. The molecule has 0 aromatic carbocycles. The van der Waals surface area contributed by atoms with Crippen molar-refractivity contribution in [1.29, 1.82) is 0 Å². The van der Waals surface area contributed by atoms with Gasteiger partial charge in [-0.1, -0.05) is 0 Å². The van der Waals surface area contributed by atoms with Gasteiger partial charge in [0.2, 0.25) is 0 Å². The molecule has 0 fully saturated rings. The zero-order valence-electron chi connectivity index (χ0n) is 7.66. The van der Waals surface area contributed by atoms with E-state index in [1.807, 2.05) is 0 Å². The van der Waals surface area contributed by atoms with Crippen molar-refractivity contribution in [2.45, 2.75) is 6.92 Å². The molecule has 0 aliphatic carbocycles. The molecule has 0 bridgehead atoms. The van der Waals surface area contributed by atoms with Crippen LogP contribution in [0.1, 0.15) is 6.92 Å². The first-order valence-corrected chi connectivity index (χ1v) is 3.67. The molecule has 0 saturated heterocycles. The van der Waals surface area contributed by atoms with E-state index in [2.05, 4.69) is 16.1 Å². The topological polar surface area (TPSA) is 61.8 Å². The summed E-state index contributed by atoms with van der Waals surface area (Å²) in [5.74, 6) is -1.87. The fourth-order valence-electron chi connectivity index (χ4n) is 0.459. The molecule has 0 heterocycles. The highest BCUT2D eigenvalue weighted by Crippen LogP contribution is 1.95. The predicted octanol–water partition coefficient (Wildman–Crippen LogP) is 0.253. The summed E-state index contributed by atoms with van der Waals surface area (Å²) in [6.45, 7) is 5.07. The molecule has 0 rings (SSSR count). The minimum absolute atomic E-state index is 0.218. The minimum Gasteiger partial charge on any atom is -0.490 e. The zero-order chi connectivity index (χ0) is 10.3. The normalized spacial score (nSPS) is 9.08. The summed E-state index contributed by atoms with van der Waals surface area (Å²) in [7, 11) is 1.26. The van der Waals surface area contributed by atoms with E-state index in [4.69, 9.17) is 4.74 Å². The van der Waals surface area contributed by atoms with E-state index >= 15 is 0 Å². The van der Waals surface area contributed by atoms with Crippen LogP contribution < -0.4 is 0 Å². The Balaban J connectivity index is 3.78. The number of hydrogen-bond acceptors (Lipinski definition) is 5. The number of ether oxygens (including phenoxy) is 3. The molecule has 0 spiro atoms. The number of carbonyl (C=O) groups is 2. The average molecular weight is 188 g/mol. The molecular formula is C8H12O5. The maximum Gasteiger partial charge on any atom is 0.380 e. The highest BCUT2D eigenvalue weighted by molar-refractivity contribution is 5.94. The van der Waals surface area contributed by atoms with Crippen LogP contribution in [-0.2, 0) is 23.8 Å². The Labute approximate surface area is 76.3 Å². The smallest absolute Gasteiger partial charge is 0.380 e. The molecular weight excluding hydrogens is 176 g/mol. The second-order valence-electron chi connectivity index (χ2n) is 2.03. The van der Waals surface area contributed by atoms with E-state index in [9.17, 15) is 9.59 Å². The maximum absolute atomic E-state index is 10.8. The van der Waals surface area contributed by atoms with Crippen LogP contribution in [0, 0.1) is 0 Å². The Morgan fingerprint density at radius 3 is 2.46 bits per heavy atom. The lowest BCUT2D eigenvalue weighted by Gasteiger charge is -2.03. The lowest BCUT2D eigenvalue weighted by Crippen LogP contribution is -2.19. The molecule has 0 radical (unpaired) electrons. The van der Waals surface area contributed by atoms with Crippen LogP contribution in [0.5, 0.6) is 0 Å². The molecule has 74 valence electrons. The largest absolute Gasteiger partial charge is 0.490 e. The Bertz CT molecular complexity index is 209. The van der Waals surface area contributed by atoms with Gasteiger partial charge in [0, 0.05) is 6.61 Å². The number of hydrogen-bond donors (Lipinski definition) is 0. The first-order valence-electron chi connectivity index (χ1n) is 3.67. The van der Waals surface area contributed by atoms with Crippen molar-refractivity contribution in [3.05, 3.63) is 12.3 Å². The molecule has 0 unspecified atom stereocenters. The van der Waals surface area contributed by atoms with Crippen LogP contribution in [0.15, 0.2) is 12.3 Å². The predicted molar refractivity (Wildman–Crippen MR) is 43.7 cm³/mol. The highest BCUT2D eigenvalue weighted by atomic mass is 16.6. The quantitative estimate of drug-likeness (QED) is 0.268. The fraction of sp³-hybridized carbons (Fsp3) is 0.500. The summed E-state index contributed by atoms with van der Waals surface area (Å²) in [6, 6.07) is 0. The molecule has 0 aliphatic rings. The van der Waals surface area contributed by atoms with Crippen LogP contribution in [0.4, 0.5) is 0 Å². The second-order valence-corrected chi connectivity index (χ2v) is 2.03. The molecule has 0 aliphatic heterocycles. The van der Waals surface area contributed by atoms with Gasteiger partial charge in [0.1, 0.15) is 6.61 Å². The molecule has 0 atom stereocenters. The Kier molecular flexibility index (Phi) is 5.54. The van der Waals surface area contributed by atoms with Crippen LogP contribution in [0.3, 0.4) is 0 Å². The molecule has 5 nitrogen and oxygen atoms in total. The van der Waals surface area contributed by atoms with E-state index in [-0.39, 0.29) is 12.4 Å². The summed E-state index contributed by atoms with van der Waals surface area (Å²) in [4.78, 5) is 21.6. The van der Waals surface area contributed by atoms with Gasteiger partial charge in [0.25, 0.3) is 0 Å². The molecule has 0 aromatic heterocycles. The van der Waals surface area contributed by atoms with Gasteiger partial charge in [-0.05, 0) is 13.5 Å². The molecule has 0 N–H and O–H groups in total. The molecule has 13 heavy (non-hydrogen) atoms. The highest BCUT2D eigenvalue weighted by Gasteiger charge is 2.13. The lowest BCUT2D eigenvalue weighted by atomic mass is 10.5. The molecule has 0 amide bonds. The van der Waals surface area contributed by atoms with Crippen molar-refractivity contribution in [3.8, 4) is 0 Å². The first kappa shape index (κ1) is 11.6. The third-order valence-electron chi connectivity index (χ3n) is 1.10. The monoisotopic (exact) mass is 188 g/mol. The average Bonchev–Trinajstić information content (AvgIpc) is 2.13. The van der Waals surface area contributed by atoms with Crippen LogP contribution in [-0.4, -0.2) is 32.3 Å². The van der Waals surface area contributed by atoms with Gasteiger partial charge in [-0.2, -0.15) is 0 Å². The maximum atomic E-state index is 10.8. The Hall–Kier alpha value is -1.36. The number of carbonyl (C=O) groups excluding carboxylic acids is 2. The molecule has 0 aromatic rings. The fourth-order valence-corrected chi connectivity index (χ4v) is 0.459. The molecule has 0 saturated carbocycles. The first-order chi connectivity index (χ1) is 6.11. The van der Waals surface area contributed by atoms with E-state index in [0.29, 0.717) is 6.61 Å². The van der Waals surface area contributed by atoms with Crippen LogP contribution in [0.2, 0.25) is 0 Å². The zero-order valence-corrected chi connectivity index (χ0v) is 7.66. The van der Waals surface area contributed by atoms with Crippen LogP contribution in [0.25, 0.3) is 0 Å². The van der Waals surface area contributed by atoms with Gasteiger partial charge < -0.3 is 14.2 Å². The number of rotatable bonds is 5. The standard InChI is InChI=1S/C8H12O5/c1-4-12-5-7(9)13-8(10)6(2)11-3/h2,4-5H2,1,3H3. The van der Waals surface area contributed by atoms with Gasteiger partial charge in [0.15, 0.2) is 5.76 Å². The third kappa shape index (κ3) is 4.97. The van der Waals surface area contributed by atoms with Crippen molar-refractivity contribution in [2.75, 3.05) is 20.3 Å². The van der Waals surface area contributed by atoms with Crippen LogP contribution >= 0.6 is 0 Å². The Morgan fingerprint density at radius 1 is 1.38 bits per heavy atom. The summed E-state index contributed by atoms with van der Waals surface area (Å²) in [5.41, 5.74) is 0. The van der Waals surface area contributed by atoms with Crippen molar-refractivity contribution >= 4 is 11.9 Å². The van der Waals surface area contributed by atoms with Crippen molar-refractivity contribution < 1.29 is 23.8 Å². The summed E-state index contributed by atoms with van der Waals surface area (Å²) in [5, 5.41) is 0. The summed E-state index contributed by atoms with van der Waals surface area (Å²) >= 11 is 0. The minimum atomic E-state index is -0.896. The third-order valence-corrected chi connectivity index (χ3v) is 1.10. The summed E-state index contributed by atoms with van der Waals surface area (Å²) < 4.78 is 13.4. The second kappa shape index (κ2) is 6.19. The summed E-state index contributed by atoms with van der Waals surface area (Å²) in [6.07, 6.45) is 0. The van der Waals surface area contributed by atoms with E-state index < -0.39 is 11.9 Å². The van der Waals surface area contributed by atoms with E-state index in [1.165, 1.54) is 7.11 Å². The van der Waals surface area contributed by atoms with Gasteiger partial charge in [-0.3, -0.25) is 0 Å². The van der Waals surface area contributed by atoms with Gasteiger partial charge in [0.05, 0.1) is 7.11 Å². The molecule has 5 heteroatoms. The van der Waals surface area contributed by atoms with E-state index in [1.54, 1.807) is 6.92 Å². The van der Waals surface area contributed by atoms with Gasteiger partial charge in [-0.15, -0.1) is 0 Å².